The van der Waals surface area contributed by atoms with Crippen LogP contribution in [0, 0.1) is 5.82 Å². The van der Waals surface area contributed by atoms with Crippen molar-refractivity contribution in [3.8, 4) is 0 Å². The third-order valence-electron chi connectivity index (χ3n) is 6.35. The van der Waals surface area contributed by atoms with Crippen LogP contribution < -0.4 is 5.32 Å². The van der Waals surface area contributed by atoms with E-state index in [9.17, 15) is 39.2 Å². The average Bonchev–Trinajstić information content (AvgIpc) is 2.93. The van der Waals surface area contributed by atoms with Crippen LogP contribution in [0.5, 0.6) is 0 Å². The maximum Gasteiger partial charge on any atom is 0.490 e. The summed E-state index contributed by atoms with van der Waals surface area (Å²) in [6.45, 7) is 1.53. The van der Waals surface area contributed by atoms with Gasteiger partial charge in [0.15, 0.2) is 0 Å². The lowest BCUT2D eigenvalue weighted by atomic mass is 9.79. The summed E-state index contributed by atoms with van der Waals surface area (Å²) < 4.78 is 111. The van der Waals surface area contributed by atoms with E-state index >= 15 is 0 Å². The number of carboxylic acids is 2. The predicted molar refractivity (Wildman–Crippen MR) is 135 cm³/mol. The number of benzene rings is 1. The third kappa shape index (κ3) is 10.7. The first-order chi connectivity index (χ1) is 19.9. The summed E-state index contributed by atoms with van der Waals surface area (Å²) in [6.07, 6.45) is -2.80. The molecule has 1 saturated heterocycles. The lowest BCUT2D eigenvalue weighted by Gasteiger charge is -2.49. The van der Waals surface area contributed by atoms with Crippen molar-refractivity contribution in [3.05, 3.63) is 60.2 Å². The topological polar surface area (TPSA) is 146 Å². The standard InChI is InChI=1S/C21H26FN3O3S.2C2HF3O2/c22-18-6-3-7-19(13-18)29(26,27)25-11-12-28-21(16-25)9-2-1-8-20(21)24-15-17-5-4-10-23-14-17;2*3-2(4,5)1(6)7/h3-7,10,13-14,20,24H,1-2,8-9,11-12,15-16H2;2*(H,6,7). The van der Waals surface area contributed by atoms with E-state index in [1.807, 2.05) is 18.3 Å². The molecule has 43 heavy (non-hydrogen) atoms. The summed E-state index contributed by atoms with van der Waals surface area (Å²) in [7, 11) is -3.77. The minimum absolute atomic E-state index is 0.00905. The van der Waals surface area contributed by atoms with Crippen molar-refractivity contribution < 1.29 is 63.7 Å². The summed E-state index contributed by atoms with van der Waals surface area (Å²) in [5, 5.41) is 17.8. The first-order valence-electron chi connectivity index (χ1n) is 12.5. The molecule has 2 fully saturated rings. The maximum atomic E-state index is 13.6. The number of alkyl halides is 6. The van der Waals surface area contributed by atoms with Gasteiger partial charge in [-0.25, -0.2) is 22.4 Å². The molecule has 0 amide bonds. The van der Waals surface area contributed by atoms with Gasteiger partial charge >= 0.3 is 24.3 Å². The number of morpholine rings is 1. The molecule has 1 aliphatic heterocycles. The van der Waals surface area contributed by atoms with E-state index < -0.39 is 45.7 Å². The molecule has 4 rings (SSSR count). The normalized spacial score (nSPS) is 21.1. The Morgan fingerprint density at radius 3 is 2.21 bits per heavy atom. The zero-order valence-electron chi connectivity index (χ0n) is 22.2. The van der Waals surface area contributed by atoms with E-state index in [-0.39, 0.29) is 24.0 Å². The summed E-state index contributed by atoms with van der Waals surface area (Å²) in [5.74, 6) is -6.07. The molecule has 0 bridgehead atoms. The van der Waals surface area contributed by atoms with Crippen LogP contribution in [-0.4, -0.2) is 83.6 Å². The number of rotatable bonds is 5. The van der Waals surface area contributed by atoms with Gasteiger partial charge < -0.3 is 20.3 Å². The van der Waals surface area contributed by atoms with E-state index in [4.69, 9.17) is 24.5 Å². The fraction of sp³-hybridized carbons (Fsp3) is 0.480. The number of carbonyl (C=O) groups is 2. The van der Waals surface area contributed by atoms with Crippen LogP contribution >= 0.6 is 0 Å². The number of hydrogen-bond acceptors (Lipinski definition) is 7. The Hall–Kier alpha value is -3.35. The Bertz CT molecular complexity index is 1300. The number of sulfonamides is 1. The van der Waals surface area contributed by atoms with Crippen LogP contribution in [0.3, 0.4) is 0 Å². The maximum absolute atomic E-state index is 13.6. The van der Waals surface area contributed by atoms with Crippen molar-refractivity contribution in [2.24, 2.45) is 0 Å². The van der Waals surface area contributed by atoms with Crippen LogP contribution in [0.25, 0.3) is 0 Å². The number of nitrogens with zero attached hydrogens (tertiary/aromatic N) is 2. The first-order valence-corrected chi connectivity index (χ1v) is 13.9. The van der Waals surface area contributed by atoms with Crippen molar-refractivity contribution in [2.75, 3.05) is 19.7 Å². The molecule has 0 radical (unpaired) electrons. The van der Waals surface area contributed by atoms with Crippen molar-refractivity contribution in [3.63, 3.8) is 0 Å². The number of carboxylic acid groups (broad SMARTS) is 2. The molecule has 2 aliphatic rings. The third-order valence-corrected chi connectivity index (χ3v) is 8.19. The summed E-state index contributed by atoms with van der Waals surface area (Å²) in [5.41, 5.74) is 0.507. The molecule has 3 N–H and O–H groups in total. The second kappa shape index (κ2) is 14.9. The minimum Gasteiger partial charge on any atom is -0.475 e. The van der Waals surface area contributed by atoms with E-state index in [1.165, 1.54) is 22.5 Å². The SMILES string of the molecule is O=C(O)C(F)(F)F.O=C(O)C(F)(F)F.O=S(=O)(c1cccc(F)c1)N1CCOC2(CCCCC2NCc2cccnc2)C1. The van der Waals surface area contributed by atoms with Gasteiger partial charge in [0.1, 0.15) is 5.82 Å². The van der Waals surface area contributed by atoms with Gasteiger partial charge in [-0.05, 0) is 42.7 Å². The molecule has 2 heterocycles. The Balaban J connectivity index is 0.000000384. The lowest BCUT2D eigenvalue weighted by molar-refractivity contribution is -0.193. The molecule has 2 aromatic rings. The number of nitrogens with one attached hydrogen (secondary N) is 1. The highest BCUT2D eigenvalue weighted by molar-refractivity contribution is 7.89. The fourth-order valence-corrected chi connectivity index (χ4v) is 5.87. The second-order valence-corrected chi connectivity index (χ2v) is 11.3. The minimum atomic E-state index is -5.08. The van der Waals surface area contributed by atoms with E-state index in [2.05, 4.69) is 10.3 Å². The number of aromatic nitrogens is 1. The molecule has 2 unspecified atom stereocenters. The molecule has 1 saturated carbocycles. The Labute approximate surface area is 241 Å². The number of aliphatic carboxylic acids is 2. The Kier molecular flexibility index (Phi) is 12.4. The van der Waals surface area contributed by atoms with Crippen molar-refractivity contribution in [2.45, 2.75) is 61.1 Å². The molecular weight excluding hydrogens is 619 g/mol. The lowest BCUT2D eigenvalue weighted by Crippen LogP contribution is -2.63. The van der Waals surface area contributed by atoms with Gasteiger partial charge in [-0.3, -0.25) is 4.98 Å². The van der Waals surface area contributed by atoms with Crippen LogP contribution in [0.15, 0.2) is 53.7 Å². The molecule has 1 aromatic carbocycles. The van der Waals surface area contributed by atoms with Crippen LogP contribution in [0.1, 0.15) is 31.2 Å². The molecule has 240 valence electrons. The molecule has 18 heteroatoms. The molecule has 10 nitrogen and oxygen atoms in total. The zero-order valence-corrected chi connectivity index (χ0v) is 23.1. The first kappa shape index (κ1) is 35.8. The summed E-state index contributed by atoms with van der Waals surface area (Å²) in [4.78, 5) is 21.9. The highest BCUT2D eigenvalue weighted by Gasteiger charge is 2.47. The predicted octanol–water partition coefficient (Wildman–Crippen LogP) is 3.98. The molecule has 2 atom stereocenters. The van der Waals surface area contributed by atoms with Gasteiger partial charge in [-0.1, -0.05) is 25.0 Å². The van der Waals surface area contributed by atoms with Crippen LogP contribution in [-0.2, 0) is 30.9 Å². The number of hydrogen-bond donors (Lipinski definition) is 3. The van der Waals surface area contributed by atoms with Crippen molar-refractivity contribution in [1.82, 2.24) is 14.6 Å². The second-order valence-electron chi connectivity index (χ2n) is 9.36. The van der Waals surface area contributed by atoms with Gasteiger partial charge in [-0.15, -0.1) is 0 Å². The van der Waals surface area contributed by atoms with Crippen LogP contribution in [0.4, 0.5) is 30.7 Å². The smallest absolute Gasteiger partial charge is 0.475 e. The Morgan fingerprint density at radius 1 is 1.05 bits per heavy atom. The Morgan fingerprint density at radius 2 is 1.67 bits per heavy atom. The molecular formula is C25H28F7N3O7S. The number of ether oxygens (including phenoxy) is 1. The monoisotopic (exact) mass is 647 g/mol. The molecule has 1 aromatic heterocycles. The van der Waals surface area contributed by atoms with Gasteiger partial charge in [0, 0.05) is 38.1 Å². The highest BCUT2D eigenvalue weighted by atomic mass is 32.2. The fourth-order valence-electron chi connectivity index (χ4n) is 4.36. The average molecular weight is 648 g/mol. The molecule has 1 spiro atoms. The van der Waals surface area contributed by atoms with E-state index in [0.29, 0.717) is 13.2 Å². The quantitative estimate of drug-likeness (QED) is 0.411. The van der Waals surface area contributed by atoms with Crippen molar-refractivity contribution in [1.29, 1.82) is 0 Å². The van der Waals surface area contributed by atoms with Crippen LogP contribution in [0.2, 0.25) is 0 Å². The number of pyridine rings is 1. The zero-order chi connectivity index (χ0) is 32.5. The van der Waals surface area contributed by atoms with E-state index in [1.54, 1.807) is 6.20 Å². The molecule has 1 aliphatic carbocycles. The van der Waals surface area contributed by atoms with E-state index in [0.717, 1.165) is 37.3 Å². The van der Waals surface area contributed by atoms with Crippen molar-refractivity contribution >= 4 is 22.0 Å². The van der Waals surface area contributed by atoms with Gasteiger partial charge in [0.05, 0.1) is 17.1 Å². The summed E-state index contributed by atoms with van der Waals surface area (Å²) >= 11 is 0. The highest BCUT2D eigenvalue weighted by Crippen LogP contribution is 2.36. The summed E-state index contributed by atoms with van der Waals surface area (Å²) in [6, 6.07) is 9.16. The van der Waals surface area contributed by atoms with Gasteiger partial charge in [-0.2, -0.15) is 30.6 Å². The largest absolute Gasteiger partial charge is 0.490 e. The van der Waals surface area contributed by atoms with Gasteiger partial charge in [0.25, 0.3) is 0 Å². The van der Waals surface area contributed by atoms with Gasteiger partial charge in [0.2, 0.25) is 10.0 Å². The number of halogens is 7.